The van der Waals surface area contributed by atoms with E-state index in [0.29, 0.717) is 12.2 Å². The van der Waals surface area contributed by atoms with Crippen molar-refractivity contribution in [2.75, 3.05) is 25.1 Å². The SMILES string of the molecule is COc1ccc(S(=O)(=O)N(CC(=O)NC(CC(C)C)c2ccccc2)c2ccc(F)c(Cl)c2)cc1OC. The second kappa shape index (κ2) is 12.3. The zero-order valence-corrected chi connectivity index (χ0v) is 22.6. The van der Waals surface area contributed by atoms with Gasteiger partial charge in [-0.1, -0.05) is 55.8 Å². The molecule has 0 aliphatic rings. The van der Waals surface area contributed by atoms with Gasteiger partial charge < -0.3 is 14.8 Å². The van der Waals surface area contributed by atoms with E-state index in [9.17, 15) is 17.6 Å². The number of sulfonamides is 1. The van der Waals surface area contributed by atoms with Crippen LogP contribution in [-0.4, -0.2) is 35.1 Å². The smallest absolute Gasteiger partial charge is 0.264 e. The summed E-state index contributed by atoms with van der Waals surface area (Å²) in [6.07, 6.45) is 0.653. The van der Waals surface area contributed by atoms with Gasteiger partial charge in [-0.3, -0.25) is 9.10 Å². The first-order valence-corrected chi connectivity index (χ1v) is 13.4. The number of amides is 1. The lowest BCUT2D eigenvalue weighted by atomic mass is 9.97. The van der Waals surface area contributed by atoms with Gasteiger partial charge in [-0.05, 0) is 48.2 Å². The molecule has 0 saturated carbocycles. The van der Waals surface area contributed by atoms with Gasteiger partial charge in [0.1, 0.15) is 12.4 Å². The Morgan fingerprint density at radius 3 is 2.27 bits per heavy atom. The van der Waals surface area contributed by atoms with Crippen LogP contribution in [-0.2, 0) is 14.8 Å². The summed E-state index contributed by atoms with van der Waals surface area (Å²) >= 11 is 5.97. The summed E-state index contributed by atoms with van der Waals surface area (Å²) < 4.78 is 52.8. The molecule has 0 heterocycles. The number of ether oxygens (including phenoxy) is 2. The van der Waals surface area contributed by atoms with Crippen LogP contribution in [0.3, 0.4) is 0 Å². The van der Waals surface area contributed by atoms with Crippen LogP contribution >= 0.6 is 11.6 Å². The molecule has 3 aromatic rings. The van der Waals surface area contributed by atoms with Gasteiger partial charge in [-0.2, -0.15) is 0 Å². The number of hydrogen-bond donors (Lipinski definition) is 1. The third kappa shape index (κ3) is 6.93. The van der Waals surface area contributed by atoms with E-state index < -0.39 is 28.3 Å². The van der Waals surface area contributed by atoms with E-state index >= 15 is 0 Å². The number of nitrogens with zero attached hydrogens (tertiary/aromatic N) is 1. The van der Waals surface area contributed by atoms with Crippen LogP contribution in [0.15, 0.2) is 71.6 Å². The number of nitrogens with one attached hydrogen (secondary N) is 1. The van der Waals surface area contributed by atoms with E-state index in [2.05, 4.69) is 5.32 Å². The first-order valence-electron chi connectivity index (χ1n) is 11.6. The highest BCUT2D eigenvalue weighted by atomic mass is 35.5. The van der Waals surface area contributed by atoms with Gasteiger partial charge in [0.15, 0.2) is 11.5 Å². The fourth-order valence-electron chi connectivity index (χ4n) is 3.86. The average molecular weight is 549 g/mol. The lowest BCUT2D eigenvalue weighted by Crippen LogP contribution is -2.42. The fraction of sp³-hybridized carbons (Fsp3) is 0.296. The first-order chi connectivity index (χ1) is 17.6. The highest BCUT2D eigenvalue weighted by Crippen LogP contribution is 2.33. The molecule has 198 valence electrons. The summed E-state index contributed by atoms with van der Waals surface area (Å²) in [6, 6.07) is 16.7. The fourth-order valence-corrected chi connectivity index (χ4v) is 5.47. The maximum Gasteiger partial charge on any atom is 0.264 e. The molecule has 1 amide bonds. The van der Waals surface area contributed by atoms with Crippen LogP contribution in [0, 0.1) is 11.7 Å². The molecule has 1 atom stereocenters. The van der Waals surface area contributed by atoms with Crippen molar-refractivity contribution in [3.8, 4) is 11.5 Å². The molecule has 1 N–H and O–H groups in total. The molecule has 3 aromatic carbocycles. The second-order valence-corrected chi connectivity index (χ2v) is 11.1. The number of anilines is 1. The molecule has 7 nitrogen and oxygen atoms in total. The number of hydrogen-bond acceptors (Lipinski definition) is 5. The molecule has 0 fully saturated rings. The summed E-state index contributed by atoms with van der Waals surface area (Å²) in [7, 11) is -1.48. The van der Waals surface area contributed by atoms with Crippen molar-refractivity contribution >= 4 is 33.2 Å². The Morgan fingerprint density at radius 1 is 1.00 bits per heavy atom. The van der Waals surface area contributed by atoms with Crippen LogP contribution < -0.4 is 19.1 Å². The third-order valence-corrected chi connectivity index (χ3v) is 7.73. The van der Waals surface area contributed by atoms with Crippen LogP contribution in [0.25, 0.3) is 0 Å². The molecule has 0 aliphatic heterocycles. The number of halogens is 2. The molecular formula is C27H30ClFN2O5S. The Labute approximate surface area is 222 Å². The molecule has 3 rings (SSSR count). The quantitative estimate of drug-likeness (QED) is 0.337. The van der Waals surface area contributed by atoms with E-state index in [0.717, 1.165) is 15.9 Å². The molecule has 37 heavy (non-hydrogen) atoms. The summed E-state index contributed by atoms with van der Waals surface area (Å²) in [5.74, 6) is -0.424. The standard InChI is InChI=1S/C27H30ClFN2O5S/c1-18(2)14-24(19-8-6-5-7-9-19)30-27(32)17-31(20-10-12-23(29)22(28)15-20)37(33,34)21-11-13-25(35-3)26(16-21)36-4/h5-13,15-16,18,24H,14,17H2,1-4H3,(H,30,32). The maximum atomic E-state index is 13.9. The van der Waals surface area contributed by atoms with Crippen molar-refractivity contribution in [2.24, 2.45) is 5.92 Å². The molecule has 1 unspecified atom stereocenters. The van der Waals surface area contributed by atoms with Gasteiger partial charge in [-0.15, -0.1) is 0 Å². The number of carbonyl (C=O) groups is 1. The van der Waals surface area contributed by atoms with E-state index in [-0.39, 0.29) is 33.3 Å². The Kier molecular flexibility index (Phi) is 9.39. The van der Waals surface area contributed by atoms with Crippen LogP contribution in [0.5, 0.6) is 11.5 Å². The monoisotopic (exact) mass is 548 g/mol. The minimum atomic E-state index is -4.30. The summed E-state index contributed by atoms with van der Waals surface area (Å²) in [5, 5.41) is 2.69. The molecular weight excluding hydrogens is 519 g/mol. The van der Waals surface area contributed by atoms with Gasteiger partial charge >= 0.3 is 0 Å². The van der Waals surface area contributed by atoms with E-state index in [1.54, 1.807) is 0 Å². The van der Waals surface area contributed by atoms with E-state index in [4.69, 9.17) is 21.1 Å². The Hall–Kier alpha value is -3.30. The van der Waals surface area contributed by atoms with Crippen molar-refractivity contribution in [3.05, 3.63) is 83.1 Å². The van der Waals surface area contributed by atoms with Crippen LogP contribution in [0.2, 0.25) is 5.02 Å². The predicted octanol–water partition coefficient (Wildman–Crippen LogP) is 5.60. The van der Waals surface area contributed by atoms with Crippen molar-refractivity contribution in [1.82, 2.24) is 5.32 Å². The molecule has 0 saturated heterocycles. The van der Waals surface area contributed by atoms with Gasteiger partial charge in [0, 0.05) is 6.07 Å². The minimum Gasteiger partial charge on any atom is -0.493 e. The van der Waals surface area contributed by atoms with E-state index in [1.165, 1.54) is 44.6 Å². The Morgan fingerprint density at radius 2 is 1.68 bits per heavy atom. The number of rotatable bonds is 11. The second-order valence-electron chi connectivity index (χ2n) is 8.79. The molecule has 0 radical (unpaired) electrons. The first kappa shape index (κ1) is 28.3. The number of carbonyl (C=O) groups excluding carboxylic acids is 1. The Balaban J connectivity index is 2.00. The largest absolute Gasteiger partial charge is 0.493 e. The number of methoxy groups -OCH3 is 2. The van der Waals surface area contributed by atoms with Crippen molar-refractivity contribution in [2.45, 2.75) is 31.2 Å². The third-order valence-electron chi connectivity index (χ3n) is 5.67. The highest BCUT2D eigenvalue weighted by molar-refractivity contribution is 7.92. The topological polar surface area (TPSA) is 84.9 Å². The van der Waals surface area contributed by atoms with Gasteiger partial charge in [0.2, 0.25) is 5.91 Å². The minimum absolute atomic E-state index is 0.0384. The molecule has 0 bridgehead atoms. The van der Waals surface area contributed by atoms with Crippen molar-refractivity contribution in [3.63, 3.8) is 0 Å². The van der Waals surface area contributed by atoms with Crippen molar-refractivity contribution in [1.29, 1.82) is 0 Å². The highest BCUT2D eigenvalue weighted by Gasteiger charge is 2.30. The molecule has 0 aromatic heterocycles. The zero-order valence-electron chi connectivity index (χ0n) is 21.1. The summed E-state index contributed by atoms with van der Waals surface area (Å²) in [4.78, 5) is 13.1. The van der Waals surface area contributed by atoms with Crippen LogP contribution in [0.4, 0.5) is 10.1 Å². The molecule has 0 aliphatic carbocycles. The maximum absolute atomic E-state index is 13.9. The van der Waals surface area contributed by atoms with Gasteiger partial charge in [-0.25, -0.2) is 12.8 Å². The summed E-state index contributed by atoms with van der Waals surface area (Å²) in [6.45, 7) is 3.52. The zero-order chi connectivity index (χ0) is 27.2. The average Bonchev–Trinajstić information content (AvgIpc) is 2.88. The number of benzene rings is 3. The molecule has 10 heteroatoms. The summed E-state index contributed by atoms with van der Waals surface area (Å²) in [5.41, 5.74) is 0.945. The van der Waals surface area contributed by atoms with Gasteiger partial charge in [0.25, 0.3) is 10.0 Å². The van der Waals surface area contributed by atoms with E-state index in [1.807, 2.05) is 44.2 Å². The lowest BCUT2D eigenvalue weighted by molar-refractivity contribution is -0.120. The van der Waals surface area contributed by atoms with Crippen molar-refractivity contribution < 1.29 is 27.1 Å². The van der Waals surface area contributed by atoms with Crippen LogP contribution in [0.1, 0.15) is 31.9 Å². The Bertz CT molecular complexity index is 1340. The predicted molar refractivity (Wildman–Crippen MR) is 142 cm³/mol. The normalized spacial score (nSPS) is 12.2. The molecule has 0 spiro atoms. The van der Waals surface area contributed by atoms with Gasteiger partial charge in [0.05, 0.1) is 35.9 Å². The lowest BCUT2D eigenvalue weighted by Gasteiger charge is -2.27.